The molecule has 1 atom stereocenters. The molecule has 1 aliphatic heterocycles. The summed E-state index contributed by atoms with van der Waals surface area (Å²) in [6.45, 7) is 0.952. The van der Waals surface area contributed by atoms with Gasteiger partial charge in [0.25, 0.3) is 0 Å². The van der Waals surface area contributed by atoms with Crippen LogP contribution in [-0.2, 0) is 4.79 Å². The van der Waals surface area contributed by atoms with Crippen molar-refractivity contribution in [1.82, 2.24) is 10.2 Å². The molecule has 2 rings (SSSR count). The van der Waals surface area contributed by atoms with Crippen LogP contribution < -0.4 is 11.1 Å². The summed E-state index contributed by atoms with van der Waals surface area (Å²) in [5.74, 6) is 0.0682. The van der Waals surface area contributed by atoms with E-state index in [1.165, 1.54) is 0 Å². The normalized spacial score (nSPS) is 20.9. The standard InChI is InChI=1S/C13H18N4O/c1-17-9-5-8-11(17)12(18)16-13(14)15-10-6-3-2-4-7-10/h2-4,6-7,11H,5,8-9H2,1H3,(H3,14,15,16,18)/t11-/m0/s1. The van der Waals surface area contributed by atoms with Crippen molar-refractivity contribution in [3.63, 3.8) is 0 Å². The molecular formula is C13H18N4O. The highest BCUT2D eigenvalue weighted by molar-refractivity contribution is 5.99. The minimum absolute atomic E-state index is 0.0767. The van der Waals surface area contributed by atoms with Crippen LogP contribution in [0.1, 0.15) is 12.8 Å². The van der Waals surface area contributed by atoms with Gasteiger partial charge < -0.3 is 5.73 Å². The first-order valence-electron chi connectivity index (χ1n) is 6.07. The first-order chi connectivity index (χ1) is 8.66. The molecule has 5 heteroatoms. The van der Waals surface area contributed by atoms with Crippen LogP contribution in [0.25, 0.3) is 0 Å². The number of carbonyl (C=O) groups is 1. The summed E-state index contributed by atoms with van der Waals surface area (Å²) in [6, 6.07) is 9.23. The van der Waals surface area contributed by atoms with Gasteiger partial charge in [0, 0.05) is 0 Å². The Morgan fingerprint density at radius 2 is 2.17 bits per heavy atom. The number of nitrogens with zero attached hydrogens (tertiary/aromatic N) is 2. The first kappa shape index (κ1) is 12.6. The molecule has 0 saturated carbocycles. The Bertz CT molecular complexity index is 444. The van der Waals surface area contributed by atoms with Crippen molar-refractivity contribution < 1.29 is 4.79 Å². The third kappa shape index (κ3) is 3.07. The average molecular weight is 246 g/mol. The molecule has 1 aromatic rings. The Morgan fingerprint density at radius 1 is 1.44 bits per heavy atom. The largest absolute Gasteiger partial charge is 0.369 e. The van der Waals surface area contributed by atoms with Gasteiger partial charge in [-0.05, 0) is 38.6 Å². The van der Waals surface area contributed by atoms with Gasteiger partial charge in [-0.1, -0.05) is 18.2 Å². The van der Waals surface area contributed by atoms with Crippen LogP contribution in [0, 0.1) is 0 Å². The summed E-state index contributed by atoms with van der Waals surface area (Å²) in [6.07, 6.45) is 1.92. The van der Waals surface area contributed by atoms with Crippen molar-refractivity contribution in [2.24, 2.45) is 10.7 Å². The fourth-order valence-electron chi connectivity index (χ4n) is 2.12. The number of para-hydroxylation sites is 1. The molecule has 18 heavy (non-hydrogen) atoms. The summed E-state index contributed by atoms with van der Waals surface area (Å²) in [4.78, 5) is 18.1. The lowest BCUT2D eigenvalue weighted by Gasteiger charge is -2.18. The van der Waals surface area contributed by atoms with Gasteiger partial charge >= 0.3 is 0 Å². The van der Waals surface area contributed by atoms with E-state index in [-0.39, 0.29) is 17.9 Å². The number of guanidine groups is 1. The monoisotopic (exact) mass is 246 g/mol. The number of benzene rings is 1. The van der Waals surface area contributed by atoms with E-state index in [2.05, 4.69) is 10.3 Å². The lowest BCUT2D eigenvalue weighted by molar-refractivity contribution is -0.123. The highest BCUT2D eigenvalue weighted by Gasteiger charge is 2.27. The predicted molar refractivity (Wildman–Crippen MR) is 71.5 cm³/mol. The molecule has 1 aliphatic rings. The Hall–Kier alpha value is -1.88. The Balaban J connectivity index is 1.97. The number of nitrogens with two attached hydrogens (primary N) is 1. The summed E-state index contributed by atoms with van der Waals surface area (Å²) >= 11 is 0. The Kier molecular flexibility index (Phi) is 3.94. The van der Waals surface area contributed by atoms with Gasteiger partial charge in [0.1, 0.15) is 0 Å². The molecule has 1 saturated heterocycles. The van der Waals surface area contributed by atoms with E-state index in [4.69, 9.17) is 5.73 Å². The fourth-order valence-corrected chi connectivity index (χ4v) is 2.12. The molecular weight excluding hydrogens is 228 g/mol. The summed E-state index contributed by atoms with van der Waals surface area (Å²) in [5, 5.41) is 2.65. The second-order valence-electron chi connectivity index (χ2n) is 4.46. The number of hydrogen-bond acceptors (Lipinski definition) is 3. The Labute approximate surface area is 107 Å². The van der Waals surface area contributed by atoms with Crippen LogP contribution in [0.2, 0.25) is 0 Å². The zero-order chi connectivity index (χ0) is 13.0. The zero-order valence-corrected chi connectivity index (χ0v) is 10.5. The van der Waals surface area contributed by atoms with Crippen molar-refractivity contribution in [3.8, 4) is 0 Å². The van der Waals surface area contributed by atoms with Crippen LogP contribution in [-0.4, -0.2) is 36.4 Å². The lowest BCUT2D eigenvalue weighted by atomic mass is 10.2. The molecule has 3 N–H and O–H groups in total. The Morgan fingerprint density at radius 3 is 2.78 bits per heavy atom. The molecule has 0 aliphatic carbocycles. The quantitative estimate of drug-likeness (QED) is 0.600. The van der Waals surface area contributed by atoms with E-state index >= 15 is 0 Å². The van der Waals surface area contributed by atoms with Crippen molar-refractivity contribution in [2.45, 2.75) is 18.9 Å². The molecule has 0 unspecified atom stereocenters. The lowest BCUT2D eigenvalue weighted by Crippen LogP contribution is -2.46. The number of carbonyl (C=O) groups excluding carboxylic acids is 1. The number of rotatable bonds is 2. The highest BCUT2D eigenvalue weighted by atomic mass is 16.2. The third-order valence-electron chi connectivity index (χ3n) is 3.08. The van der Waals surface area contributed by atoms with Gasteiger partial charge in [0.05, 0.1) is 11.7 Å². The van der Waals surface area contributed by atoms with Crippen molar-refractivity contribution in [2.75, 3.05) is 13.6 Å². The third-order valence-corrected chi connectivity index (χ3v) is 3.08. The van der Waals surface area contributed by atoms with Crippen molar-refractivity contribution in [1.29, 1.82) is 0 Å². The zero-order valence-electron chi connectivity index (χ0n) is 10.5. The average Bonchev–Trinajstić information content (AvgIpc) is 2.76. The topological polar surface area (TPSA) is 70.7 Å². The molecule has 96 valence electrons. The van der Waals surface area contributed by atoms with Gasteiger partial charge in [-0.25, -0.2) is 4.99 Å². The van der Waals surface area contributed by atoms with Crippen LogP contribution in [0.5, 0.6) is 0 Å². The maximum atomic E-state index is 11.9. The maximum absolute atomic E-state index is 11.9. The molecule has 1 amide bonds. The van der Waals surface area contributed by atoms with E-state index in [9.17, 15) is 4.79 Å². The first-order valence-corrected chi connectivity index (χ1v) is 6.07. The summed E-state index contributed by atoms with van der Waals surface area (Å²) in [5.41, 5.74) is 6.45. The van der Waals surface area contributed by atoms with E-state index < -0.39 is 0 Å². The maximum Gasteiger partial charge on any atom is 0.244 e. The highest BCUT2D eigenvalue weighted by Crippen LogP contribution is 2.14. The minimum Gasteiger partial charge on any atom is -0.369 e. The van der Waals surface area contributed by atoms with E-state index in [1.807, 2.05) is 42.3 Å². The molecule has 1 heterocycles. The number of likely N-dealkylation sites (tertiary alicyclic amines) is 1. The molecule has 0 bridgehead atoms. The van der Waals surface area contributed by atoms with Gasteiger partial charge in [-0.15, -0.1) is 0 Å². The molecule has 1 fully saturated rings. The molecule has 0 spiro atoms. The van der Waals surface area contributed by atoms with Gasteiger partial charge in [0.2, 0.25) is 11.9 Å². The van der Waals surface area contributed by atoms with E-state index in [1.54, 1.807) is 0 Å². The van der Waals surface area contributed by atoms with Crippen LogP contribution >= 0.6 is 0 Å². The number of amides is 1. The van der Waals surface area contributed by atoms with Crippen LogP contribution in [0.3, 0.4) is 0 Å². The number of hydrogen-bond donors (Lipinski definition) is 2. The molecule has 1 aromatic carbocycles. The number of nitrogens with one attached hydrogen (secondary N) is 1. The van der Waals surface area contributed by atoms with E-state index in [0.29, 0.717) is 0 Å². The van der Waals surface area contributed by atoms with Crippen molar-refractivity contribution >= 4 is 17.6 Å². The van der Waals surface area contributed by atoms with Gasteiger partial charge in [-0.2, -0.15) is 0 Å². The minimum atomic E-state index is -0.0884. The SMILES string of the molecule is CN1CCC[C@H]1C(=O)NC(N)=Nc1ccccc1. The fraction of sp³-hybridized carbons (Fsp3) is 0.385. The number of likely N-dealkylation sites (N-methyl/N-ethyl adjacent to an activating group) is 1. The molecule has 0 radical (unpaired) electrons. The van der Waals surface area contributed by atoms with Gasteiger partial charge in [0.15, 0.2) is 0 Å². The molecule has 5 nitrogen and oxygen atoms in total. The number of aliphatic imine (C=N–C) groups is 1. The van der Waals surface area contributed by atoms with Crippen LogP contribution in [0.15, 0.2) is 35.3 Å². The second kappa shape index (κ2) is 5.64. The summed E-state index contributed by atoms with van der Waals surface area (Å²) in [7, 11) is 1.95. The van der Waals surface area contributed by atoms with E-state index in [0.717, 1.165) is 25.1 Å². The summed E-state index contributed by atoms with van der Waals surface area (Å²) < 4.78 is 0. The predicted octanol–water partition coefficient (Wildman–Crippen LogP) is 0.843. The molecule has 0 aromatic heterocycles. The second-order valence-corrected chi connectivity index (χ2v) is 4.46. The van der Waals surface area contributed by atoms with Crippen LogP contribution in [0.4, 0.5) is 5.69 Å². The smallest absolute Gasteiger partial charge is 0.244 e. The van der Waals surface area contributed by atoms with Crippen molar-refractivity contribution in [3.05, 3.63) is 30.3 Å². The van der Waals surface area contributed by atoms with Gasteiger partial charge in [-0.3, -0.25) is 15.0 Å².